The van der Waals surface area contributed by atoms with Crippen molar-refractivity contribution in [2.45, 2.75) is 79.1 Å². The minimum Gasteiger partial charge on any atom is -0.354 e. The Morgan fingerprint density at radius 3 is 2.41 bits per heavy atom. The molecule has 32 heavy (non-hydrogen) atoms. The second-order valence-corrected chi connectivity index (χ2v) is 9.39. The number of amides is 1. The molecule has 0 spiro atoms. The van der Waals surface area contributed by atoms with Gasteiger partial charge < -0.3 is 9.80 Å². The van der Waals surface area contributed by atoms with Gasteiger partial charge in [0.05, 0.1) is 0 Å². The van der Waals surface area contributed by atoms with E-state index in [4.69, 9.17) is 4.98 Å². The number of unbranched alkanes of at least 4 members (excludes halogenated alkanes) is 3. The number of anilines is 1. The minimum atomic E-state index is 0.142. The van der Waals surface area contributed by atoms with Gasteiger partial charge in [-0.2, -0.15) is 0 Å². The van der Waals surface area contributed by atoms with Gasteiger partial charge in [0.1, 0.15) is 11.6 Å². The van der Waals surface area contributed by atoms with Gasteiger partial charge in [-0.05, 0) is 56.7 Å². The largest absolute Gasteiger partial charge is 0.354 e. The van der Waals surface area contributed by atoms with Crippen LogP contribution in [-0.2, 0) is 6.42 Å². The summed E-state index contributed by atoms with van der Waals surface area (Å²) in [5, 5.41) is 0. The summed E-state index contributed by atoms with van der Waals surface area (Å²) in [5.41, 5.74) is 4.42. The number of nitrogens with zero attached hydrogens (tertiary/aromatic N) is 4. The van der Waals surface area contributed by atoms with E-state index < -0.39 is 0 Å². The summed E-state index contributed by atoms with van der Waals surface area (Å²) in [4.78, 5) is 26.9. The zero-order valence-electron chi connectivity index (χ0n) is 20.7. The summed E-state index contributed by atoms with van der Waals surface area (Å²) in [6.45, 7) is 13.9. The summed E-state index contributed by atoms with van der Waals surface area (Å²) in [6.07, 6.45) is 7.12. The number of carbonyl (C=O) groups excluding carboxylic acids is 1. The predicted molar refractivity (Wildman–Crippen MR) is 133 cm³/mol. The average molecular weight is 437 g/mol. The number of hydrogen-bond donors (Lipinski definition) is 0. The molecule has 3 rings (SSSR count). The molecular weight excluding hydrogens is 396 g/mol. The van der Waals surface area contributed by atoms with Crippen LogP contribution < -0.4 is 4.90 Å². The van der Waals surface area contributed by atoms with Crippen LogP contribution in [0.4, 0.5) is 5.82 Å². The Kier molecular flexibility index (Phi) is 8.66. The van der Waals surface area contributed by atoms with E-state index in [1.807, 2.05) is 24.0 Å². The molecule has 174 valence electrons. The summed E-state index contributed by atoms with van der Waals surface area (Å²) in [5.74, 6) is 2.37. The minimum absolute atomic E-state index is 0.142. The molecule has 0 aliphatic carbocycles. The maximum absolute atomic E-state index is 13.2. The molecule has 2 heterocycles. The van der Waals surface area contributed by atoms with Crippen LogP contribution in [0.1, 0.15) is 91.8 Å². The Bertz CT molecular complexity index is 891. The van der Waals surface area contributed by atoms with Gasteiger partial charge in [-0.25, -0.2) is 9.97 Å². The molecule has 0 atom stereocenters. The van der Waals surface area contributed by atoms with E-state index in [1.54, 1.807) is 0 Å². The van der Waals surface area contributed by atoms with E-state index in [0.29, 0.717) is 5.92 Å². The third-order valence-electron chi connectivity index (χ3n) is 6.41. The van der Waals surface area contributed by atoms with Gasteiger partial charge in [-0.15, -0.1) is 0 Å². The van der Waals surface area contributed by atoms with Gasteiger partial charge in [-0.3, -0.25) is 4.79 Å². The molecule has 5 nitrogen and oxygen atoms in total. The molecule has 1 aliphatic rings. The molecule has 0 bridgehead atoms. The lowest BCUT2D eigenvalue weighted by molar-refractivity contribution is 0.0767. The molecule has 1 amide bonds. The number of aryl methyl sites for hydroxylation is 3. The fraction of sp³-hybridized carbons (Fsp3) is 0.593. The Labute approximate surface area is 194 Å². The first kappa shape index (κ1) is 24.2. The van der Waals surface area contributed by atoms with Crippen LogP contribution in [0, 0.1) is 13.8 Å². The van der Waals surface area contributed by atoms with Gasteiger partial charge in [0.15, 0.2) is 0 Å². The second kappa shape index (κ2) is 11.4. The van der Waals surface area contributed by atoms with Crippen LogP contribution in [-0.4, -0.2) is 47.0 Å². The van der Waals surface area contributed by atoms with Gasteiger partial charge >= 0.3 is 0 Å². The number of carbonyl (C=O) groups is 1. The van der Waals surface area contributed by atoms with Crippen LogP contribution in [0.5, 0.6) is 0 Å². The first-order valence-corrected chi connectivity index (χ1v) is 12.4. The molecule has 0 saturated carbocycles. The highest BCUT2D eigenvalue weighted by Gasteiger charge is 2.24. The lowest BCUT2D eigenvalue weighted by Gasteiger charge is -2.27. The molecule has 0 radical (unpaired) electrons. The molecule has 1 saturated heterocycles. The van der Waals surface area contributed by atoms with E-state index in [1.165, 1.54) is 36.8 Å². The topological polar surface area (TPSA) is 49.3 Å². The number of rotatable bonds is 8. The van der Waals surface area contributed by atoms with Crippen LogP contribution in [0.25, 0.3) is 0 Å². The quantitative estimate of drug-likeness (QED) is 0.499. The first-order chi connectivity index (χ1) is 15.4. The zero-order chi connectivity index (χ0) is 23.1. The highest BCUT2D eigenvalue weighted by Crippen LogP contribution is 2.29. The Hall–Kier alpha value is -2.43. The van der Waals surface area contributed by atoms with Crippen molar-refractivity contribution in [3.8, 4) is 0 Å². The van der Waals surface area contributed by atoms with Gasteiger partial charge in [-0.1, -0.05) is 52.2 Å². The smallest absolute Gasteiger partial charge is 0.253 e. The third-order valence-corrected chi connectivity index (χ3v) is 6.41. The molecule has 5 heteroatoms. The second-order valence-electron chi connectivity index (χ2n) is 9.39. The van der Waals surface area contributed by atoms with Crippen molar-refractivity contribution in [3.05, 3.63) is 52.5 Å². The fourth-order valence-corrected chi connectivity index (χ4v) is 4.71. The van der Waals surface area contributed by atoms with E-state index >= 15 is 0 Å². The lowest BCUT2D eigenvalue weighted by Crippen LogP contribution is -2.35. The normalized spacial score (nSPS) is 14.7. The van der Waals surface area contributed by atoms with Crippen molar-refractivity contribution in [1.82, 2.24) is 14.9 Å². The van der Waals surface area contributed by atoms with Crippen molar-refractivity contribution >= 4 is 11.7 Å². The first-order valence-electron chi connectivity index (χ1n) is 12.4. The van der Waals surface area contributed by atoms with Crippen LogP contribution >= 0.6 is 0 Å². The van der Waals surface area contributed by atoms with Crippen LogP contribution in [0.15, 0.2) is 24.3 Å². The number of hydrogen-bond acceptors (Lipinski definition) is 4. The van der Waals surface area contributed by atoms with E-state index in [2.05, 4.69) is 49.7 Å². The van der Waals surface area contributed by atoms with E-state index in [9.17, 15) is 4.79 Å². The Balaban J connectivity index is 1.65. The Morgan fingerprint density at radius 1 is 0.969 bits per heavy atom. The van der Waals surface area contributed by atoms with E-state index in [0.717, 1.165) is 61.9 Å². The van der Waals surface area contributed by atoms with Crippen molar-refractivity contribution in [2.24, 2.45) is 0 Å². The summed E-state index contributed by atoms with van der Waals surface area (Å²) < 4.78 is 0. The average Bonchev–Trinajstić information content (AvgIpc) is 3.02. The number of aromatic nitrogens is 2. The standard InChI is InChI=1S/C27H40N4O/c1-6-7-8-9-11-23-12-14-24(15-13-23)27(32)31-17-10-16-30(18-19-31)26-25(20(2)3)21(4)28-22(5)29-26/h12-15,20H,6-11,16-19H2,1-5H3. The van der Waals surface area contributed by atoms with Gasteiger partial charge in [0.25, 0.3) is 5.91 Å². The van der Waals surface area contributed by atoms with Gasteiger partial charge in [0, 0.05) is 43.0 Å². The molecular formula is C27H40N4O. The van der Waals surface area contributed by atoms with Crippen molar-refractivity contribution < 1.29 is 4.79 Å². The predicted octanol–water partition coefficient (Wildman–Crippen LogP) is 5.69. The maximum Gasteiger partial charge on any atom is 0.253 e. The summed E-state index contributed by atoms with van der Waals surface area (Å²) in [6, 6.07) is 8.28. The molecule has 2 aromatic rings. The van der Waals surface area contributed by atoms with Crippen LogP contribution in [0.3, 0.4) is 0 Å². The van der Waals surface area contributed by atoms with Gasteiger partial charge in [0.2, 0.25) is 0 Å². The van der Waals surface area contributed by atoms with Crippen molar-refractivity contribution in [2.75, 3.05) is 31.1 Å². The van der Waals surface area contributed by atoms with Crippen LogP contribution in [0.2, 0.25) is 0 Å². The molecule has 1 aromatic heterocycles. The highest BCUT2D eigenvalue weighted by atomic mass is 16.2. The highest BCUT2D eigenvalue weighted by molar-refractivity contribution is 5.94. The zero-order valence-corrected chi connectivity index (χ0v) is 20.7. The Morgan fingerprint density at radius 2 is 1.72 bits per heavy atom. The fourth-order valence-electron chi connectivity index (χ4n) is 4.71. The molecule has 1 fully saturated rings. The van der Waals surface area contributed by atoms with Crippen molar-refractivity contribution in [3.63, 3.8) is 0 Å². The SMILES string of the molecule is CCCCCCc1ccc(C(=O)N2CCCN(c3nc(C)nc(C)c3C(C)C)CC2)cc1. The monoisotopic (exact) mass is 436 g/mol. The molecule has 0 unspecified atom stereocenters. The van der Waals surface area contributed by atoms with E-state index in [-0.39, 0.29) is 5.91 Å². The number of benzene rings is 1. The third kappa shape index (κ3) is 6.08. The maximum atomic E-state index is 13.2. The molecule has 1 aliphatic heterocycles. The van der Waals surface area contributed by atoms with Crippen molar-refractivity contribution in [1.29, 1.82) is 0 Å². The summed E-state index contributed by atoms with van der Waals surface area (Å²) in [7, 11) is 0. The summed E-state index contributed by atoms with van der Waals surface area (Å²) >= 11 is 0. The molecule has 1 aromatic carbocycles. The molecule has 0 N–H and O–H groups in total. The lowest BCUT2D eigenvalue weighted by atomic mass is 10.0.